The first-order valence-corrected chi connectivity index (χ1v) is 6.77. The minimum absolute atomic E-state index is 0.0634. The van der Waals surface area contributed by atoms with Gasteiger partial charge in [-0.1, -0.05) is 19.9 Å². The third-order valence-electron chi connectivity index (χ3n) is 3.42. The Kier molecular flexibility index (Phi) is 5.83. The summed E-state index contributed by atoms with van der Waals surface area (Å²) in [7, 11) is 0. The van der Waals surface area contributed by atoms with E-state index in [0.29, 0.717) is 18.7 Å². The van der Waals surface area contributed by atoms with E-state index in [1.165, 1.54) is 0 Å². The van der Waals surface area contributed by atoms with Crippen LogP contribution in [0.1, 0.15) is 37.6 Å². The van der Waals surface area contributed by atoms with Crippen LogP contribution in [0.2, 0.25) is 0 Å². The molecule has 0 aliphatic rings. The van der Waals surface area contributed by atoms with Crippen LogP contribution < -0.4 is 10.6 Å². The second-order valence-corrected chi connectivity index (χ2v) is 5.12. The van der Waals surface area contributed by atoms with Crippen molar-refractivity contribution in [1.82, 2.24) is 5.32 Å². The maximum atomic E-state index is 11.7. The minimum atomic E-state index is -0.137. The van der Waals surface area contributed by atoms with Gasteiger partial charge in [0.2, 0.25) is 0 Å². The Hall–Kier alpha value is -1.55. The summed E-state index contributed by atoms with van der Waals surface area (Å²) >= 11 is 0. The van der Waals surface area contributed by atoms with Gasteiger partial charge in [-0.05, 0) is 31.5 Å². The largest absolute Gasteiger partial charge is 0.396 e. The second-order valence-electron chi connectivity index (χ2n) is 5.12. The average Bonchev–Trinajstić information content (AvgIpc) is 2.45. The molecule has 0 bridgehead atoms. The number of carbonyl (C=O) groups is 1. The highest BCUT2D eigenvalue weighted by molar-refractivity contribution is 5.95. The van der Waals surface area contributed by atoms with E-state index < -0.39 is 0 Å². The number of aliphatic hydroxyl groups is 1. The molecule has 3 N–H and O–H groups in total. The van der Waals surface area contributed by atoms with Gasteiger partial charge in [0, 0.05) is 29.8 Å². The number of amides is 1. The molecule has 0 heterocycles. The van der Waals surface area contributed by atoms with Crippen LogP contribution in [0.15, 0.2) is 24.3 Å². The lowest BCUT2D eigenvalue weighted by Gasteiger charge is -2.26. The first kappa shape index (κ1) is 15.5. The van der Waals surface area contributed by atoms with Crippen molar-refractivity contribution in [2.45, 2.75) is 27.2 Å². The smallest absolute Gasteiger partial charge is 0.251 e. The van der Waals surface area contributed by atoms with E-state index in [2.05, 4.69) is 17.6 Å². The van der Waals surface area contributed by atoms with Crippen LogP contribution in [-0.4, -0.2) is 30.7 Å². The molecule has 0 radical (unpaired) electrons. The lowest BCUT2D eigenvalue weighted by atomic mass is 9.88. The molecule has 1 aromatic rings. The summed E-state index contributed by atoms with van der Waals surface area (Å²) < 4.78 is 0. The summed E-state index contributed by atoms with van der Waals surface area (Å²) in [5.74, 6) is -0.0634. The summed E-state index contributed by atoms with van der Waals surface area (Å²) in [6.07, 6.45) is 0.895. The summed E-state index contributed by atoms with van der Waals surface area (Å²) in [6, 6.07) is 7.41. The van der Waals surface area contributed by atoms with E-state index in [9.17, 15) is 9.90 Å². The minimum Gasteiger partial charge on any atom is -0.396 e. The number of aliphatic hydroxyl groups excluding tert-OH is 1. The zero-order chi connectivity index (χ0) is 14.3. The molecule has 4 heteroatoms. The fourth-order valence-corrected chi connectivity index (χ4v) is 1.64. The van der Waals surface area contributed by atoms with E-state index in [1.807, 2.05) is 32.0 Å². The third kappa shape index (κ3) is 4.56. The highest BCUT2D eigenvalue weighted by atomic mass is 16.3. The molecule has 4 nitrogen and oxygen atoms in total. The maximum Gasteiger partial charge on any atom is 0.251 e. The van der Waals surface area contributed by atoms with Gasteiger partial charge in [0.1, 0.15) is 0 Å². The Labute approximate surface area is 115 Å². The van der Waals surface area contributed by atoms with Crippen LogP contribution in [0.25, 0.3) is 0 Å². The van der Waals surface area contributed by atoms with Gasteiger partial charge in [0.05, 0.1) is 6.61 Å². The predicted octanol–water partition coefficient (Wildman–Crippen LogP) is 2.26. The molecule has 1 aromatic carbocycles. The lowest BCUT2D eigenvalue weighted by Crippen LogP contribution is -2.29. The zero-order valence-corrected chi connectivity index (χ0v) is 12.0. The molecule has 1 unspecified atom stereocenters. The Morgan fingerprint density at radius 3 is 2.68 bits per heavy atom. The molecule has 0 fully saturated rings. The molecule has 0 spiro atoms. The second kappa shape index (κ2) is 7.14. The summed E-state index contributed by atoms with van der Waals surface area (Å²) in [4.78, 5) is 11.7. The standard InChI is InChI=1S/C15H24N2O2/c1-4-15(3,11-18)10-17-13-8-6-7-12(9-13)14(19)16-5-2/h6-9,17-18H,4-5,10-11H2,1-3H3,(H,16,19). The van der Waals surface area contributed by atoms with Gasteiger partial charge in [-0.15, -0.1) is 0 Å². The van der Waals surface area contributed by atoms with Crippen LogP contribution in [0.3, 0.4) is 0 Å². The van der Waals surface area contributed by atoms with Gasteiger partial charge in [-0.3, -0.25) is 4.79 Å². The molecule has 1 amide bonds. The normalized spacial score (nSPS) is 13.7. The van der Waals surface area contributed by atoms with Gasteiger partial charge in [0.15, 0.2) is 0 Å². The number of benzene rings is 1. The molecular weight excluding hydrogens is 240 g/mol. The Balaban J connectivity index is 2.70. The highest BCUT2D eigenvalue weighted by Crippen LogP contribution is 2.21. The van der Waals surface area contributed by atoms with Crippen LogP contribution in [0, 0.1) is 5.41 Å². The van der Waals surface area contributed by atoms with E-state index in [0.717, 1.165) is 12.1 Å². The first-order valence-electron chi connectivity index (χ1n) is 6.77. The molecule has 19 heavy (non-hydrogen) atoms. The van der Waals surface area contributed by atoms with Crippen molar-refractivity contribution in [3.63, 3.8) is 0 Å². The van der Waals surface area contributed by atoms with E-state index in [4.69, 9.17) is 0 Å². The SMILES string of the molecule is CCNC(=O)c1cccc(NCC(C)(CC)CO)c1. The van der Waals surface area contributed by atoms with Gasteiger partial charge in [0.25, 0.3) is 5.91 Å². The van der Waals surface area contributed by atoms with Gasteiger partial charge < -0.3 is 15.7 Å². The molecule has 1 atom stereocenters. The number of anilines is 1. The quantitative estimate of drug-likeness (QED) is 0.708. The molecule has 0 aromatic heterocycles. The van der Waals surface area contributed by atoms with Crippen LogP contribution in [0.5, 0.6) is 0 Å². The molecule has 0 saturated carbocycles. The van der Waals surface area contributed by atoms with Gasteiger partial charge in [-0.2, -0.15) is 0 Å². The Morgan fingerprint density at radius 2 is 2.11 bits per heavy atom. The summed E-state index contributed by atoms with van der Waals surface area (Å²) in [6.45, 7) is 7.44. The summed E-state index contributed by atoms with van der Waals surface area (Å²) in [5.41, 5.74) is 1.41. The van der Waals surface area contributed by atoms with Crippen LogP contribution in [0.4, 0.5) is 5.69 Å². The molecule has 106 valence electrons. The Bertz CT molecular complexity index is 414. The maximum absolute atomic E-state index is 11.7. The number of hydrogen-bond donors (Lipinski definition) is 3. The predicted molar refractivity (Wildman–Crippen MR) is 78.4 cm³/mol. The molecule has 0 saturated heterocycles. The van der Waals surface area contributed by atoms with E-state index in [1.54, 1.807) is 6.07 Å². The van der Waals surface area contributed by atoms with Crippen molar-refractivity contribution in [3.8, 4) is 0 Å². The average molecular weight is 264 g/mol. The Morgan fingerprint density at radius 1 is 1.37 bits per heavy atom. The van der Waals surface area contributed by atoms with E-state index >= 15 is 0 Å². The van der Waals surface area contributed by atoms with Crippen molar-refractivity contribution in [2.75, 3.05) is 25.0 Å². The fourth-order valence-electron chi connectivity index (χ4n) is 1.64. The fraction of sp³-hybridized carbons (Fsp3) is 0.533. The van der Waals surface area contributed by atoms with Crippen LogP contribution >= 0.6 is 0 Å². The highest BCUT2D eigenvalue weighted by Gasteiger charge is 2.20. The van der Waals surface area contributed by atoms with Crippen molar-refractivity contribution in [1.29, 1.82) is 0 Å². The van der Waals surface area contributed by atoms with Crippen molar-refractivity contribution >= 4 is 11.6 Å². The van der Waals surface area contributed by atoms with Gasteiger partial charge in [-0.25, -0.2) is 0 Å². The molecular formula is C15H24N2O2. The summed E-state index contributed by atoms with van der Waals surface area (Å²) in [5, 5.41) is 15.4. The van der Waals surface area contributed by atoms with E-state index in [-0.39, 0.29) is 17.9 Å². The first-order chi connectivity index (χ1) is 9.04. The van der Waals surface area contributed by atoms with Gasteiger partial charge >= 0.3 is 0 Å². The molecule has 0 aliphatic heterocycles. The van der Waals surface area contributed by atoms with Crippen molar-refractivity contribution < 1.29 is 9.90 Å². The molecule has 0 aliphatic carbocycles. The number of hydrogen-bond acceptors (Lipinski definition) is 3. The number of rotatable bonds is 7. The molecule has 1 rings (SSSR count). The third-order valence-corrected chi connectivity index (χ3v) is 3.42. The topological polar surface area (TPSA) is 61.4 Å². The van der Waals surface area contributed by atoms with Crippen LogP contribution in [-0.2, 0) is 0 Å². The zero-order valence-electron chi connectivity index (χ0n) is 12.0. The van der Waals surface area contributed by atoms with Crippen molar-refractivity contribution in [2.24, 2.45) is 5.41 Å². The monoisotopic (exact) mass is 264 g/mol. The number of nitrogens with one attached hydrogen (secondary N) is 2. The number of carbonyl (C=O) groups excluding carboxylic acids is 1. The lowest BCUT2D eigenvalue weighted by molar-refractivity contribution is 0.0956. The van der Waals surface area contributed by atoms with Crippen molar-refractivity contribution in [3.05, 3.63) is 29.8 Å².